The minimum absolute atomic E-state index is 0.0436. The number of rotatable bonds is 11. The van der Waals surface area contributed by atoms with Crippen LogP contribution in [0.15, 0.2) is 95.5 Å². The van der Waals surface area contributed by atoms with Gasteiger partial charge in [-0.1, -0.05) is 80.6 Å². The van der Waals surface area contributed by atoms with Crippen LogP contribution < -0.4 is 10.3 Å². The topological polar surface area (TPSA) is 40.0 Å². The summed E-state index contributed by atoms with van der Waals surface area (Å²) < 4.78 is 0. The lowest BCUT2D eigenvalue weighted by Crippen LogP contribution is -2.38. The Morgan fingerprint density at radius 2 is 1.44 bits per heavy atom. The van der Waals surface area contributed by atoms with Crippen LogP contribution >= 0.6 is 0 Å². The molecular formula is C32H40N4. The van der Waals surface area contributed by atoms with E-state index in [9.17, 15) is 0 Å². The molecule has 0 amide bonds. The van der Waals surface area contributed by atoms with Crippen LogP contribution in [-0.2, 0) is 12.0 Å². The van der Waals surface area contributed by atoms with Gasteiger partial charge in [0.15, 0.2) is 0 Å². The van der Waals surface area contributed by atoms with Crippen LogP contribution in [0, 0.1) is 5.92 Å². The number of benzene rings is 3. The Labute approximate surface area is 217 Å². The average molecular weight is 481 g/mol. The van der Waals surface area contributed by atoms with Gasteiger partial charge >= 0.3 is 0 Å². The van der Waals surface area contributed by atoms with Crippen molar-refractivity contribution >= 4 is 18.2 Å². The molecule has 1 N–H and O–H groups in total. The molecule has 0 unspecified atom stereocenters. The molecule has 0 spiro atoms. The number of hydrogen-bond donors (Lipinski definition) is 1. The number of hydrogen-bond acceptors (Lipinski definition) is 3. The molecule has 0 aromatic heterocycles. The van der Waals surface area contributed by atoms with Gasteiger partial charge in [0, 0.05) is 12.3 Å². The van der Waals surface area contributed by atoms with Crippen LogP contribution in [0.5, 0.6) is 0 Å². The lowest BCUT2D eigenvalue weighted by Gasteiger charge is -2.28. The van der Waals surface area contributed by atoms with Crippen molar-refractivity contribution in [1.29, 1.82) is 0 Å². The molecule has 0 atom stereocenters. The normalized spacial score (nSPS) is 12.0. The highest BCUT2D eigenvalue weighted by atomic mass is 15.5. The number of amidine groups is 1. The van der Waals surface area contributed by atoms with Crippen molar-refractivity contribution < 1.29 is 0 Å². The van der Waals surface area contributed by atoms with Crippen LogP contribution in [0.25, 0.3) is 11.1 Å². The van der Waals surface area contributed by atoms with Crippen LogP contribution in [0.3, 0.4) is 0 Å². The number of nitrogens with one attached hydrogen (secondary N) is 1. The highest BCUT2D eigenvalue weighted by molar-refractivity contribution is 5.95. The van der Waals surface area contributed by atoms with E-state index < -0.39 is 0 Å². The monoisotopic (exact) mass is 480 g/mol. The first-order valence-electron chi connectivity index (χ1n) is 12.7. The van der Waals surface area contributed by atoms with Gasteiger partial charge in [-0.05, 0) is 79.6 Å². The van der Waals surface area contributed by atoms with Gasteiger partial charge in [0.05, 0.1) is 12.2 Å². The van der Waals surface area contributed by atoms with Gasteiger partial charge in [-0.25, -0.2) is 5.01 Å². The van der Waals surface area contributed by atoms with Crippen molar-refractivity contribution in [2.45, 2.75) is 46.6 Å². The van der Waals surface area contributed by atoms with E-state index >= 15 is 0 Å². The molecule has 0 aliphatic rings. The first kappa shape index (κ1) is 27.1. The smallest absolute Gasteiger partial charge is 0.122 e. The Morgan fingerprint density at radius 3 is 1.94 bits per heavy atom. The van der Waals surface area contributed by atoms with Gasteiger partial charge in [0.2, 0.25) is 0 Å². The first-order valence-corrected chi connectivity index (χ1v) is 12.7. The molecule has 4 heteroatoms. The van der Waals surface area contributed by atoms with E-state index in [4.69, 9.17) is 0 Å². The zero-order valence-electron chi connectivity index (χ0n) is 22.5. The molecule has 3 rings (SSSR count). The molecule has 3 aromatic rings. The quantitative estimate of drug-likeness (QED) is 0.134. The summed E-state index contributed by atoms with van der Waals surface area (Å²) in [5.74, 6) is 1.42. The van der Waals surface area contributed by atoms with Gasteiger partial charge in [-0.2, -0.15) is 5.10 Å². The van der Waals surface area contributed by atoms with E-state index in [1.165, 1.54) is 27.8 Å². The Hall–Kier alpha value is -3.50. The largest absolute Gasteiger partial charge is 0.308 e. The first-order chi connectivity index (χ1) is 17.2. The molecule has 0 aliphatic heterocycles. The van der Waals surface area contributed by atoms with E-state index in [1.54, 1.807) is 11.1 Å². The number of aliphatic imine (C=N–C) groups is 1. The van der Waals surface area contributed by atoms with Gasteiger partial charge in [-0.3, -0.25) is 4.99 Å². The fraction of sp³-hybridized carbons (Fsp3) is 0.312. The lowest BCUT2D eigenvalue weighted by molar-refractivity contribution is 0.374. The highest BCUT2D eigenvalue weighted by Crippen LogP contribution is 2.26. The maximum absolute atomic E-state index is 4.43. The molecule has 0 radical (unpaired) electrons. The molecule has 0 heterocycles. The highest BCUT2D eigenvalue weighted by Gasteiger charge is 2.19. The average Bonchev–Trinajstić information content (AvgIpc) is 2.88. The molecule has 4 nitrogen and oxygen atoms in total. The SMILES string of the molecule is C=CCN=C(C)N(N=C)c1ccc(Cc2ccc(-c3ccc(C(C)(C)NCC(C)C)cc3)cc2)cc1. The van der Waals surface area contributed by atoms with Crippen LogP contribution in [0.4, 0.5) is 5.69 Å². The number of hydrazone groups is 1. The molecule has 3 aromatic carbocycles. The molecule has 188 valence electrons. The maximum atomic E-state index is 4.43. The Balaban J connectivity index is 1.66. The molecule has 0 saturated heterocycles. The van der Waals surface area contributed by atoms with Crippen molar-refractivity contribution in [1.82, 2.24) is 5.32 Å². The predicted octanol–water partition coefficient (Wildman–Crippen LogP) is 7.45. The summed E-state index contributed by atoms with van der Waals surface area (Å²) in [6.07, 6.45) is 2.64. The summed E-state index contributed by atoms with van der Waals surface area (Å²) in [5.41, 5.74) is 7.20. The van der Waals surface area contributed by atoms with Crippen LogP contribution in [0.2, 0.25) is 0 Å². The maximum Gasteiger partial charge on any atom is 0.122 e. The van der Waals surface area contributed by atoms with Crippen molar-refractivity contribution in [3.63, 3.8) is 0 Å². The van der Waals surface area contributed by atoms with Gasteiger partial charge in [0.25, 0.3) is 0 Å². The van der Waals surface area contributed by atoms with Crippen molar-refractivity contribution in [2.75, 3.05) is 18.1 Å². The van der Waals surface area contributed by atoms with Crippen LogP contribution in [-0.4, -0.2) is 25.6 Å². The summed E-state index contributed by atoms with van der Waals surface area (Å²) in [5, 5.41) is 9.53. The molecule has 0 aliphatic carbocycles. The second kappa shape index (κ2) is 12.5. The Bertz CT molecular complexity index is 1150. The van der Waals surface area contributed by atoms with E-state index in [-0.39, 0.29) is 5.54 Å². The zero-order chi connectivity index (χ0) is 26.1. The summed E-state index contributed by atoms with van der Waals surface area (Å²) in [6, 6.07) is 26.2. The third-order valence-corrected chi connectivity index (χ3v) is 6.33. The summed E-state index contributed by atoms with van der Waals surface area (Å²) in [6.45, 7) is 19.9. The second-order valence-corrected chi connectivity index (χ2v) is 10.1. The fourth-order valence-electron chi connectivity index (χ4n) is 4.08. The van der Waals surface area contributed by atoms with Gasteiger partial charge in [-0.15, -0.1) is 6.58 Å². The minimum atomic E-state index is -0.0436. The molecule has 0 saturated carbocycles. The third-order valence-electron chi connectivity index (χ3n) is 6.33. The van der Waals surface area contributed by atoms with E-state index in [2.05, 4.69) is 129 Å². The van der Waals surface area contributed by atoms with E-state index in [0.717, 1.165) is 24.5 Å². The van der Waals surface area contributed by atoms with Gasteiger partial charge < -0.3 is 5.32 Å². The van der Waals surface area contributed by atoms with E-state index in [1.807, 2.05) is 6.92 Å². The minimum Gasteiger partial charge on any atom is -0.308 e. The van der Waals surface area contributed by atoms with Crippen molar-refractivity contribution in [3.05, 3.63) is 102 Å². The molecule has 36 heavy (non-hydrogen) atoms. The van der Waals surface area contributed by atoms with Crippen molar-refractivity contribution in [3.8, 4) is 11.1 Å². The van der Waals surface area contributed by atoms with Crippen LogP contribution in [0.1, 0.15) is 51.3 Å². The van der Waals surface area contributed by atoms with Gasteiger partial charge in [0.1, 0.15) is 5.84 Å². The Kier molecular flexibility index (Phi) is 9.38. The number of nitrogens with zero attached hydrogens (tertiary/aromatic N) is 3. The molecular weight excluding hydrogens is 440 g/mol. The number of anilines is 1. The predicted molar refractivity (Wildman–Crippen MR) is 157 cm³/mol. The molecule has 0 bridgehead atoms. The third kappa shape index (κ3) is 7.25. The standard InChI is InChI=1S/C32H40N4/c1-8-21-34-25(4)36(33-7)31-19-11-27(12-20-31)22-26-9-13-28(14-10-26)29-15-17-30(18-16-29)32(5,6)35-23-24(2)3/h8-20,24,35H,1,7,21-23H2,2-6H3. The molecule has 0 fully saturated rings. The Morgan fingerprint density at radius 1 is 0.917 bits per heavy atom. The van der Waals surface area contributed by atoms with Crippen molar-refractivity contribution in [2.24, 2.45) is 16.0 Å². The lowest BCUT2D eigenvalue weighted by atomic mass is 9.91. The fourth-order valence-corrected chi connectivity index (χ4v) is 4.08. The summed E-state index contributed by atoms with van der Waals surface area (Å²) in [4.78, 5) is 4.43. The zero-order valence-corrected chi connectivity index (χ0v) is 22.5. The summed E-state index contributed by atoms with van der Waals surface area (Å²) in [7, 11) is 0. The van der Waals surface area contributed by atoms with E-state index in [0.29, 0.717) is 12.5 Å². The summed E-state index contributed by atoms with van der Waals surface area (Å²) >= 11 is 0. The second-order valence-electron chi connectivity index (χ2n) is 10.1.